The van der Waals surface area contributed by atoms with Gasteiger partial charge in [-0.3, -0.25) is 14.8 Å². The zero-order chi connectivity index (χ0) is 13.9. The van der Waals surface area contributed by atoms with Crippen LogP contribution in [0.15, 0.2) is 30.6 Å². The smallest absolute Gasteiger partial charge is 0.254 e. The fourth-order valence-electron chi connectivity index (χ4n) is 1.65. The van der Waals surface area contributed by atoms with Gasteiger partial charge in [-0.1, -0.05) is 6.07 Å². The number of nitrogens with one attached hydrogen (secondary N) is 1. The Bertz CT molecular complexity index is 591. The molecule has 6 heteroatoms. The van der Waals surface area contributed by atoms with Crippen LogP contribution in [0.25, 0.3) is 11.0 Å². The third-order valence-electron chi connectivity index (χ3n) is 2.86. The molecule has 0 unspecified atom stereocenters. The van der Waals surface area contributed by atoms with Gasteiger partial charge in [0.2, 0.25) is 0 Å². The number of hydrogen-bond donors (Lipinski definition) is 3. The molecule has 1 amide bonds. The van der Waals surface area contributed by atoms with Crippen LogP contribution in [0.5, 0.6) is 0 Å². The quantitative estimate of drug-likeness (QED) is 0.725. The molecule has 0 fully saturated rings. The van der Waals surface area contributed by atoms with E-state index in [2.05, 4.69) is 15.3 Å². The van der Waals surface area contributed by atoms with Gasteiger partial charge in [-0.2, -0.15) is 0 Å². The highest BCUT2D eigenvalue weighted by atomic mass is 16.3. The first-order valence-electron chi connectivity index (χ1n) is 5.83. The Morgan fingerprint density at radius 1 is 1.26 bits per heavy atom. The van der Waals surface area contributed by atoms with Gasteiger partial charge in [0.05, 0.1) is 29.8 Å². The minimum atomic E-state index is -1.07. The minimum Gasteiger partial charge on any atom is -0.394 e. The Labute approximate surface area is 110 Å². The van der Waals surface area contributed by atoms with Crippen LogP contribution >= 0.6 is 0 Å². The minimum absolute atomic E-state index is 0.355. The average Bonchev–Trinajstić information content (AvgIpc) is 2.46. The van der Waals surface area contributed by atoms with Crippen molar-refractivity contribution in [3.05, 3.63) is 36.2 Å². The summed E-state index contributed by atoms with van der Waals surface area (Å²) in [6, 6.07) is 5.10. The number of fused-ring (bicyclic) bond motifs is 1. The maximum absolute atomic E-state index is 12.2. The Hall–Kier alpha value is -2.05. The first kappa shape index (κ1) is 13.4. The molecular weight excluding hydrogens is 246 g/mol. The molecule has 0 atom stereocenters. The van der Waals surface area contributed by atoms with Gasteiger partial charge in [0.15, 0.2) is 0 Å². The summed E-state index contributed by atoms with van der Waals surface area (Å²) in [6.07, 6.45) is 3.06. The first-order valence-corrected chi connectivity index (χ1v) is 5.83. The van der Waals surface area contributed by atoms with Crippen molar-refractivity contribution < 1.29 is 15.0 Å². The summed E-state index contributed by atoms with van der Waals surface area (Å²) in [5.41, 5.74) is 0.394. The van der Waals surface area contributed by atoms with Crippen molar-refractivity contribution >= 4 is 16.9 Å². The molecule has 6 nitrogen and oxygen atoms in total. The molecule has 0 aliphatic heterocycles. The lowest BCUT2D eigenvalue weighted by molar-refractivity contribution is 0.0725. The van der Waals surface area contributed by atoms with Crippen molar-refractivity contribution in [3.63, 3.8) is 0 Å². The van der Waals surface area contributed by atoms with E-state index in [0.29, 0.717) is 16.6 Å². The average molecular weight is 261 g/mol. The molecule has 3 N–H and O–H groups in total. The van der Waals surface area contributed by atoms with Gasteiger partial charge in [0.25, 0.3) is 5.91 Å². The van der Waals surface area contributed by atoms with Crippen LogP contribution in [0.2, 0.25) is 0 Å². The molecule has 2 rings (SSSR count). The van der Waals surface area contributed by atoms with Crippen molar-refractivity contribution in [1.29, 1.82) is 0 Å². The van der Waals surface area contributed by atoms with Crippen molar-refractivity contribution in [2.45, 2.75) is 12.5 Å². The standard InChI is InChI=1S/C13H15N3O3/c1-13(7-17,8-18)16-12(19)9-3-2-4-10-11(9)15-6-5-14-10/h2-6,17-18H,7-8H2,1H3,(H,16,19). The van der Waals surface area contributed by atoms with Crippen molar-refractivity contribution in [2.24, 2.45) is 0 Å². The number of amides is 1. The lowest BCUT2D eigenvalue weighted by Crippen LogP contribution is -2.51. The lowest BCUT2D eigenvalue weighted by atomic mass is 10.0. The molecule has 1 aromatic heterocycles. The predicted octanol–water partition coefficient (Wildman–Crippen LogP) is 0.103. The zero-order valence-electron chi connectivity index (χ0n) is 10.5. The van der Waals surface area contributed by atoms with Gasteiger partial charge < -0.3 is 15.5 Å². The highest BCUT2D eigenvalue weighted by Crippen LogP contribution is 2.14. The molecule has 0 saturated heterocycles. The molecule has 0 aliphatic carbocycles. The molecule has 2 aromatic rings. The summed E-state index contributed by atoms with van der Waals surface area (Å²) in [7, 11) is 0. The van der Waals surface area contributed by atoms with Crippen LogP contribution in [-0.2, 0) is 0 Å². The van der Waals surface area contributed by atoms with E-state index in [9.17, 15) is 15.0 Å². The second-order valence-corrected chi connectivity index (χ2v) is 4.56. The molecular formula is C13H15N3O3. The van der Waals surface area contributed by atoms with E-state index < -0.39 is 11.4 Å². The second-order valence-electron chi connectivity index (χ2n) is 4.56. The maximum atomic E-state index is 12.2. The topological polar surface area (TPSA) is 95.3 Å². The molecule has 0 saturated carbocycles. The monoisotopic (exact) mass is 261 g/mol. The number of aromatic nitrogens is 2. The van der Waals surface area contributed by atoms with E-state index in [-0.39, 0.29) is 13.2 Å². The van der Waals surface area contributed by atoms with Crippen LogP contribution in [0.4, 0.5) is 0 Å². The van der Waals surface area contributed by atoms with E-state index >= 15 is 0 Å². The fourth-order valence-corrected chi connectivity index (χ4v) is 1.65. The van der Waals surface area contributed by atoms with Gasteiger partial charge in [0.1, 0.15) is 5.52 Å². The molecule has 1 aromatic carbocycles. The molecule has 0 spiro atoms. The third-order valence-corrected chi connectivity index (χ3v) is 2.86. The fraction of sp³-hybridized carbons (Fsp3) is 0.308. The van der Waals surface area contributed by atoms with Crippen molar-refractivity contribution in [2.75, 3.05) is 13.2 Å². The number of aliphatic hydroxyl groups is 2. The normalized spacial score (nSPS) is 11.5. The van der Waals surface area contributed by atoms with Crippen LogP contribution in [0.3, 0.4) is 0 Å². The van der Waals surface area contributed by atoms with E-state index in [0.717, 1.165) is 0 Å². The molecule has 1 heterocycles. The molecule has 0 aliphatic rings. The number of benzene rings is 1. The first-order chi connectivity index (χ1) is 9.09. The lowest BCUT2D eigenvalue weighted by Gasteiger charge is -2.26. The Morgan fingerprint density at radius 3 is 2.63 bits per heavy atom. The summed E-state index contributed by atoms with van der Waals surface area (Å²) in [5.74, 6) is -0.406. The highest BCUT2D eigenvalue weighted by molar-refractivity contribution is 6.04. The summed E-state index contributed by atoms with van der Waals surface area (Å²) < 4.78 is 0. The van der Waals surface area contributed by atoms with E-state index in [1.807, 2.05) is 0 Å². The molecule has 100 valence electrons. The van der Waals surface area contributed by atoms with E-state index in [1.165, 1.54) is 6.20 Å². The van der Waals surface area contributed by atoms with Crippen LogP contribution in [-0.4, -0.2) is 44.8 Å². The number of para-hydroxylation sites is 1. The Balaban J connectivity index is 2.37. The summed E-state index contributed by atoms with van der Waals surface area (Å²) in [6.45, 7) is 0.846. The number of carbonyl (C=O) groups excluding carboxylic acids is 1. The van der Waals surface area contributed by atoms with Crippen LogP contribution < -0.4 is 5.32 Å². The molecule has 0 radical (unpaired) electrons. The zero-order valence-corrected chi connectivity index (χ0v) is 10.5. The van der Waals surface area contributed by atoms with Crippen molar-refractivity contribution in [1.82, 2.24) is 15.3 Å². The SMILES string of the molecule is CC(CO)(CO)NC(=O)c1cccc2nccnc12. The van der Waals surface area contributed by atoms with Crippen LogP contribution in [0.1, 0.15) is 17.3 Å². The Kier molecular flexibility index (Phi) is 3.73. The highest BCUT2D eigenvalue weighted by Gasteiger charge is 2.26. The number of rotatable bonds is 4. The van der Waals surface area contributed by atoms with Gasteiger partial charge in [-0.25, -0.2) is 0 Å². The summed E-state index contributed by atoms with van der Waals surface area (Å²) in [5, 5.41) is 21.0. The second kappa shape index (κ2) is 5.29. The molecule has 19 heavy (non-hydrogen) atoms. The summed E-state index contributed by atoms with van der Waals surface area (Å²) in [4.78, 5) is 20.4. The maximum Gasteiger partial charge on any atom is 0.254 e. The predicted molar refractivity (Wildman–Crippen MR) is 69.6 cm³/mol. The number of carbonyl (C=O) groups is 1. The number of aliphatic hydroxyl groups excluding tert-OH is 2. The van der Waals surface area contributed by atoms with Gasteiger partial charge in [0, 0.05) is 12.4 Å². The van der Waals surface area contributed by atoms with Gasteiger partial charge >= 0.3 is 0 Å². The third kappa shape index (κ3) is 2.69. The number of nitrogens with zero attached hydrogens (tertiary/aromatic N) is 2. The van der Waals surface area contributed by atoms with Crippen molar-refractivity contribution in [3.8, 4) is 0 Å². The summed E-state index contributed by atoms with van der Waals surface area (Å²) >= 11 is 0. The molecule has 0 bridgehead atoms. The largest absolute Gasteiger partial charge is 0.394 e. The van der Waals surface area contributed by atoms with E-state index in [4.69, 9.17) is 0 Å². The van der Waals surface area contributed by atoms with Crippen LogP contribution in [0, 0.1) is 0 Å². The van der Waals surface area contributed by atoms with Gasteiger partial charge in [-0.15, -0.1) is 0 Å². The van der Waals surface area contributed by atoms with E-state index in [1.54, 1.807) is 31.3 Å². The number of hydrogen-bond acceptors (Lipinski definition) is 5. The van der Waals surface area contributed by atoms with Gasteiger partial charge in [-0.05, 0) is 19.1 Å². The Morgan fingerprint density at radius 2 is 1.95 bits per heavy atom.